The highest BCUT2D eigenvalue weighted by Gasteiger charge is 2.45. The summed E-state index contributed by atoms with van der Waals surface area (Å²) in [5.41, 5.74) is 0.621. The molecule has 9 heteroatoms. The topological polar surface area (TPSA) is 86.7 Å². The monoisotopic (exact) mass is 364 g/mol. The van der Waals surface area contributed by atoms with Crippen molar-refractivity contribution >= 4 is 44.8 Å². The number of rotatable bonds is 3. The largest absolute Gasteiger partial charge is 0.395 e. The number of carbonyl (C=O) groups excluding carboxylic acids is 1. The van der Waals surface area contributed by atoms with Crippen molar-refractivity contribution in [2.75, 3.05) is 18.5 Å². The van der Waals surface area contributed by atoms with Crippen LogP contribution >= 0.6 is 23.2 Å². The molecule has 1 unspecified atom stereocenters. The lowest BCUT2D eigenvalue weighted by Crippen LogP contribution is -2.37. The van der Waals surface area contributed by atoms with Crippen LogP contribution in [0.5, 0.6) is 0 Å². The number of hydrogen-bond acceptors (Lipinski definition) is 4. The minimum absolute atomic E-state index is 0.00813. The molecule has 3 rings (SSSR count). The fourth-order valence-corrected chi connectivity index (χ4v) is 4.94. The molecule has 1 aromatic carbocycles. The van der Waals surface area contributed by atoms with Crippen LogP contribution in [0.3, 0.4) is 0 Å². The Hall–Kier alpha value is -0.860. The second kappa shape index (κ2) is 5.35. The summed E-state index contributed by atoms with van der Waals surface area (Å²) in [7, 11) is -3.77. The van der Waals surface area contributed by atoms with E-state index in [9.17, 15) is 18.3 Å². The maximum absolute atomic E-state index is 12.7. The van der Waals surface area contributed by atoms with E-state index in [1.54, 1.807) is 0 Å². The van der Waals surface area contributed by atoms with Crippen LogP contribution in [0.15, 0.2) is 23.1 Å². The first-order valence-electron chi connectivity index (χ1n) is 6.75. The third-order valence-electron chi connectivity index (χ3n) is 4.00. The van der Waals surface area contributed by atoms with Crippen molar-refractivity contribution in [2.45, 2.75) is 28.1 Å². The van der Waals surface area contributed by atoms with Gasteiger partial charge in [-0.25, -0.2) is 8.42 Å². The number of alkyl halides is 2. The maximum atomic E-state index is 12.7. The number of aliphatic hydroxyl groups excluding tert-OH is 1. The molecule has 1 aromatic rings. The van der Waals surface area contributed by atoms with Crippen LogP contribution in [0.4, 0.5) is 5.69 Å². The predicted octanol–water partition coefficient (Wildman–Crippen LogP) is 1.41. The van der Waals surface area contributed by atoms with Crippen LogP contribution in [-0.2, 0) is 19.2 Å². The van der Waals surface area contributed by atoms with Gasteiger partial charge in [0, 0.05) is 23.8 Å². The Balaban J connectivity index is 2.04. The molecule has 2 heterocycles. The number of halogens is 2. The molecule has 1 fully saturated rings. The first-order valence-corrected chi connectivity index (χ1v) is 8.94. The highest BCUT2D eigenvalue weighted by atomic mass is 35.5. The smallest absolute Gasteiger partial charge is 0.265 e. The molecule has 1 amide bonds. The molecule has 0 aliphatic carbocycles. The number of carbonyl (C=O) groups is 1. The molecule has 2 aliphatic heterocycles. The molecule has 2 N–H and O–H groups in total. The van der Waals surface area contributed by atoms with Crippen molar-refractivity contribution in [1.29, 1.82) is 0 Å². The van der Waals surface area contributed by atoms with Crippen molar-refractivity contribution in [2.24, 2.45) is 0 Å². The van der Waals surface area contributed by atoms with Crippen LogP contribution in [0.25, 0.3) is 0 Å². The molecular formula is C13H14Cl2N2O4S. The molecule has 6 nitrogen and oxygen atoms in total. The number of benzene rings is 1. The lowest BCUT2D eigenvalue weighted by Gasteiger charge is -2.23. The summed E-state index contributed by atoms with van der Waals surface area (Å²) in [6, 6.07) is 3.76. The Morgan fingerprint density at radius 2 is 2.14 bits per heavy atom. The van der Waals surface area contributed by atoms with Crippen LogP contribution in [0, 0.1) is 0 Å². The summed E-state index contributed by atoms with van der Waals surface area (Å²) >= 11 is 12.0. The first-order chi connectivity index (χ1) is 10.3. The maximum Gasteiger partial charge on any atom is 0.265 e. The normalized spacial score (nSPS) is 24.3. The highest BCUT2D eigenvalue weighted by molar-refractivity contribution is 7.89. The lowest BCUT2D eigenvalue weighted by atomic mass is 10.1. The van der Waals surface area contributed by atoms with Gasteiger partial charge in [0.1, 0.15) is 0 Å². The molecule has 0 saturated carbocycles. The molecule has 2 aliphatic rings. The standard InChI is InChI=1S/C13H14Cl2N2O4S/c14-13(15)10-6-9(3-4-11(10)16-12(13)19)22(20,21)17-5-1-2-8(17)7-18/h3-4,6,8,18H,1-2,5,7H2,(H,16,19). The molecule has 1 atom stereocenters. The van der Waals surface area contributed by atoms with E-state index < -0.39 is 26.3 Å². The number of hydrogen-bond donors (Lipinski definition) is 2. The van der Waals surface area contributed by atoms with Crippen LogP contribution < -0.4 is 5.32 Å². The fourth-order valence-electron chi connectivity index (χ4n) is 2.82. The number of anilines is 1. The Labute approximate surface area is 138 Å². The molecule has 0 spiro atoms. The number of sulfonamides is 1. The van der Waals surface area contributed by atoms with E-state index in [-0.39, 0.29) is 17.1 Å². The van der Waals surface area contributed by atoms with E-state index >= 15 is 0 Å². The minimum atomic E-state index is -3.77. The van der Waals surface area contributed by atoms with Gasteiger partial charge >= 0.3 is 0 Å². The van der Waals surface area contributed by atoms with Crippen LogP contribution in [-0.4, -0.2) is 42.9 Å². The van der Waals surface area contributed by atoms with Crippen molar-refractivity contribution < 1.29 is 18.3 Å². The third kappa shape index (κ3) is 2.32. The zero-order valence-electron chi connectivity index (χ0n) is 11.4. The quantitative estimate of drug-likeness (QED) is 0.794. The minimum Gasteiger partial charge on any atom is -0.395 e. The van der Waals surface area contributed by atoms with Crippen molar-refractivity contribution in [3.8, 4) is 0 Å². The summed E-state index contributed by atoms with van der Waals surface area (Å²) in [6.45, 7) is 0.133. The summed E-state index contributed by atoms with van der Waals surface area (Å²) in [5, 5.41) is 11.8. The van der Waals surface area contributed by atoms with E-state index in [4.69, 9.17) is 23.2 Å². The van der Waals surface area contributed by atoms with Gasteiger partial charge in [-0.3, -0.25) is 4.79 Å². The van der Waals surface area contributed by atoms with E-state index in [1.165, 1.54) is 22.5 Å². The second-order valence-corrected chi connectivity index (χ2v) is 8.55. The average molecular weight is 365 g/mol. The molecule has 0 aromatic heterocycles. The van der Waals surface area contributed by atoms with Crippen molar-refractivity contribution in [3.05, 3.63) is 23.8 Å². The summed E-state index contributed by atoms with van der Waals surface area (Å²) in [4.78, 5) is 11.7. The van der Waals surface area contributed by atoms with Gasteiger partial charge in [0.25, 0.3) is 5.91 Å². The second-order valence-electron chi connectivity index (χ2n) is 5.33. The number of nitrogens with zero attached hydrogens (tertiary/aromatic N) is 1. The zero-order chi connectivity index (χ0) is 16.1. The summed E-state index contributed by atoms with van der Waals surface area (Å²) in [6.07, 6.45) is 1.32. The Kier molecular flexibility index (Phi) is 3.89. The van der Waals surface area contributed by atoms with E-state index in [0.717, 1.165) is 0 Å². The van der Waals surface area contributed by atoms with E-state index in [1.807, 2.05) is 0 Å². The average Bonchev–Trinajstić information content (AvgIpc) is 3.03. The summed E-state index contributed by atoms with van der Waals surface area (Å²) < 4.78 is 24.9. The first kappa shape index (κ1) is 16.0. The van der Waals surface area contributed by atoms with Gasteiger partial charge in [0.15, 0.2) is 0 Å². The third-order valence-corrected chi connectivity index (χ3v) is 6.70. The van der Waals surface area contributed by atoms with Gasteiger partial charge < -0.3 is 10.4 Å². The Morgan fingerprint density at radius 3 is 2.82 bits per heavy atom. The van der Waals surface area contributed by atoms with Crippen LogP contribution in [0.2, 0.25) is 0 Å². The number of nitrogens with one attached hydrogen (secondary N) is 1. The molecule has 1 saturated heterocycles. The van der Waals surface area contributed by atoms with Gasteiger partial charge in [-0.05, 0) is 31.0 Å². The fraction of sp³-hybridized carbons (Fsp3) is 0.462. The van der Waals surface area contributed by atoms with Crippen molar-refractivity contribution in [3.63, 3.8) is 0 Å². The Morgan fingerprint density at radius 1 is 1.41 bits per heavy atom. The van der Waals surface area contributed by atoms with Gasteiger partial charge in [-0.2, -0.15) is 4.31 Å². The van der Waals surface area contributed by atoms with Crippen molar-refractivity contribution in [1.82, 2.24) is 4.31 Å². The SMILES string of the molecule is O=C1Nc2ccc(S(=O)(=O)N3CCCC3CO)cc2C1(Cl)Cl. The molecule has 0 bridgehead atoms. The molecular weight excluding hydrogens is 351 g/mol. The zero-order valence-corrected chi connectivity index (χ0v) is 13.7. The lowest BCUT2D eigenvalue weighted by molar-refractivity contribution is -0.116. The number of fused-ring (bicyclic) bond motifs is 1. The number of aliphatic hydroxyl groups is 1. The van der Waals surface area contributed by atoms with E-state index in [2.05, 4.69) is 5.32 Å². The van der Waals surface area contributed by atoms with Gasteiger partial charge in [0.05, 0.1) is 11.5 Å². The van der Waals surface area contributed by atoms with Gasteiger partial charge in [0.2, 0.25) is 14.4 Å². The molecule has 0 radical (unpaired) electrons. The van der Waals surface area contributed by atoms with Gasteiger partial charge in [-0.15, -0.1) is 0 Å². The van der Waals surface area contributed by atoms with Gasteiger partial charge in [-0.1, -0.05) is 23.2 Å². The van der Waals surface area contributed by atoms with Crippen LogP contribution in [0.1, 0.15) is 18.4 Å². The Bertz CT molecular complexity index is 736. The highest BCUT2D eigenvalue weighted by Crippen LogP contribution is 2.45. The molecule has 120 valence electrons. The number of amides is 1. The molecule has 22 heavy (non-hydrogen) atoms. The summed E-state index contributed by atoms with van der Waals surface area (Å²) in [5.74, 6) is -0.602. The van der Waals surface area contributed by atoms with E-state index in [0.29, 0.717) is 25.1 Å². The predicted molar refractivity (Wildman–Crippen MR) is 82.5 cm³/mol.